The van der Waals surface area contributed by atoms with E-state index in [4.69, 9.17) is 9.47 Å². The molecule has 10 rings (SSSR count). The molecule has 0 saturated heterocycles. The van der Waals surface area contributed by atoms with E-state index in [2.05, 4.69) is 24.3 Å². The third-order valence-electron chi connectivity index (χ3n) is 8.60. The average molecular weight is 505 g/mol. The molecule has 2 N–H and O–H groups in total. The minimum atomic E-state index is -0.959. The van der Waals surface area contributed by atoms with Crippen molar-refractivity contribution >= 4 is 11.9 Å². The Balaban J connectivity index is 1.63. The summed E-state index contributed by atoms with van der Waals surface area (Å²) in [5.41, 5.74) is 9.21. The monoisotopic (exact) mass is 504 g/mol. The Morgan fingerprint density at radius 1 is 0.500 bits per heavy atom. The van der Waals surface area contributed by atoms with Crippen molar-refractivity contribution in [2.45, 2.75) is 23.7 Å². The van der Waals surface area contributed by atoms with Gasteiger partial charge >= 0.3 is 11.9 Å². The first-order valence-corrected chi connectivity index (χ1v) is 12.5. The van der Waals surface area contributed by atoms with Gasteiger partial charge in [0, 0.05) is 23.7 Å². The zero-order chi connectivity index (χ0) is 26.3. The van der Waals surface area contributed by atoms with Crippen molar-refractivity contribution in [1.29, 1.82) is 0 Å². The molecule has 0 aromatic heterocycles. The largest absolute Gasteiger partial charge is 0.497 e. The number of rotatable bonds is 4. The van der Waals surface area contributed by atoms with Gasteiger partial charge in [-0.15, -0.1) is 0 Å². The van der Waals surface area contributed by atoms with E-state index in [-0.39, 0.29) is 34.8 Å². The van der Waals surface area contributed by atoms with Crippen LogP contribution < -0.4 is 9.47 Å². The van der Waals surface area contributed by atoms with Gasteiger partial charge in [0.05, 0.1) is 25.3 Å². The average Bonchev–Trinajstić information content (AvgIpc) is 2.92. The highest BCUT2D eigenvalue weighted by Gasteiger charge is 2.50. The predicted octanol–water partition coefficient (Wildman–Crippen LogP) is 5.97. The van der Waals surface area contributed by atoms with Crippen LogP contribution in [0.15, 0.2) is 72.8 Å². The van der Waals surface area contributed by atoms with E-state index in [1.807, 2.05) is 36.4 Å². The molecule has 6 heteroatoms. The third-order valence-corrected chi connectivity index (χ3v) is 8.60. The molecule has 0 saturated carbocycles. The van der Waals surface area contributed by atoms with Gasteiger partial charge in [-0.1, -0.05) is 24.3 Å². The standard InChI is InChI=1S/C32H24O6/c1-37-17-5-9-21-25(13-17)29-19-7-3-15(31(33)34)11-23(19)27(21)30-20-8-4-16(32(35)36)12-24(20)28(29)22-10-6-18(38-2)14-26(22)30/h3-14,27-30H,1-2H3,(H,33,34)(H,35,36)/t27-,28+,29-,30+. The number of aromatic carboxylic acids is 2. The summed E-state index contributed by atoms with van der Waals surface area (Å²) in [6, 6.07) is 23.2. The maximum atomic E-state index is 12.0. The first-order chi connectivity index (χ1) is 18.4. The molecule has 4 bridgehead atoms. The lowest BCUT2D eigenvalue weighted by Gasteiger charge is -2.50. The molecule has 0 radical (unpaired) electrons. The Morgan fingerprint density at radius 2 is 0.816 bits per heavy atom. The molecule has 0 unspecified atom stereocenters. The number of hydrogen-bond donors (Lipinski definition) is 2. The van der Waals surface area contributed by atoms with Crippen molar-refractivity contribution < 1.29 is 29.3 Å². The second-order valence-electron chi connectivity index (χ2n) is 10.2. The zero-order valence-corrected chi connectivity index (χ0v) is 20.8. The van der Waals surface area contributed by atoms with Gasteiger partial charge in [0.2, 0.25) is 0 Å². The van der Waals surface area contributed by atoms with E-state index in [0.29, 0.717) is 0 Å². The summed E-state index contributed by atoms with van der Waals surface area (Å²) in [5, 5.41) is 19.7. The number of hydrogen-bond acceptors (Lipinski definition) is 4. The van der Waals surface area contributed by atoms with Crippen LogP contribution in [0.25, 0.3) is 0 Å². The van der Waals surface area contributed by atoms with Crippen LogP contribution in [-0.2, 0) is 0 Å². The smallest absolute Gasteiger partial charge is 0.335 e. The molecule has 6 aliphatic carbocycles. The highest BCUT2D eigenvalue weighted by Crippen LogP contribution is 2.64. The lowest BCUT2D eigenvalue weighted by molar-refractivity contribution is 0.0686. The second kappa shape index (κ2) is 7.96. The van der Waals surface area contributed by atoms with Crippen LogP contribution in [0.2, 0.25) is 0 Å². The van der Waals surface area contributed by atoms with Crippen LogP contribution >= 0.6 is 0 Å². The fourth-order valence-electron chi connectivity index (χ4n) is 7.09. The lowest BCUT2D eigenvalue weighted by atomic mass is 9.53. The third kappa shape index (κ3) is 2.94. The molecule has 4 aromatic carbocycles. The molecule has 188 valence electrons. The topological polar surface area (TPSA) is 93.1 Å². The van der Waals surface area contributed by atoms with E-state index >= 15 is 0 Å². The Kier molecular flexibility index (Phi) is 4.73. The zero-order valence-electron chi connectivity index (χ0n) is 20.8. The van der Waals surface area contributed by atoms with E-state index in [1.54, 1.807) is 26.4 Å². The van der Waals surface area contributed by atoms with Crippen LogP contribution in [0, 0.1) is 0 Å². The van der Waals surface area contributed by atoms with Crippen molar-refractivity contribution in [2.75, 3.05) is 14.2 Å². The van der Waals surface area contributed by atoms with Gasteiger partial charge in [-0.2, -0.15) is 0 Å². The molecule has 4 atom stereocenters. The molecule has 0 spiro atoms. The van der Waals surface area contributed by atoms with Gasteiger partial charge in [-0.3, -0.25) is 0 Å². The van der Waals surface area contributed by atoms with Gasteiger partial charge in [0.1, 0.15) is 11.5 Å². The SMILES string of the molecule is COc1ccc2c(c1)[C@H]1c3ccc(C(=O)O)cc3[C@@H]2[C@H]2c3ccc(C(=O)O)cc3[C@@H]1c1ccc(OC)cc12. The van der Waals surface area contributed by atoms with Crippen molar-refractivity contribution in [3.05, 3.63) is 128 Å². The maximum absolute atomic E-state index is 12.0. The van der Waals surface area contributed by atoms with Crippen LogP contribution in [0.5, 0.6) is 11.5 Å². The molecule has 38 heavy (non-hydrogen) atoms. The van der Waals surface area contributed by atoms with Crippen LogP contribution in [0.3, 0.4) is 0 Å². The van der Waals surface area contributed by atoms with Crippen molar-refractivity contribution in [3.8, 4) is 11.5 Å². The number of benzene rings is 4. The fraction of sp³-hybridized carbons (Fsp3) is 0.188. The maximum Gasteiger partial charge on any atom is 0.335 e. The number of carboxylic acid groups (broad SMARTS) is 2. The quantitative estimate of drug-likeness (QED) is 0.356. The Bertz CT molecular complexity index is 1560. The summed E-state index contributed by atoms with van der Waals surface area (Å²) in [5.74, 6) is -1.09. The molecule has 6 aliphatic rings. The normalized spacial score (nSPS) is 21.3. The second-order valence-corrected chi connectivity index (χ2v) is 10.2. The summed E-state index contributed by atoms with van der Waals surface area (Å²) < 4.78 is 11.3. The Morgan fingerprint density at radius 3 is 1.13 bits per heavy atom. The van der Waals surface area contributed by atoms with E-state index < -0.39 is 11.9 Å². The van der Waals surface area contributed by atoms with Gasteiger partial charge in [-0.25, -0.2) is 9.59 Å². The number of methoxy groups -OCH3 is 2. The molecular formula is C32H24O6. The van der Waals surface area contributed by atoms with Crippen LogP contribution in [0.4, 0.5) is 0 Å². The molecule has 0 aliphatic heterocycles. The predicted molar refractivity (Wildman–Crippen MR) is 140 cm³/mol. The first-order valence-electron chi connectivity index (χ1n) is 12.5. The summed E-state index contributed by atoms with van der Waals surface area (Å²) in [6.07, 6.45) is 0. The first kappa shape index (κ1) is 22.6. The van der Waals surface area contributed by atoms with Crippen molar-refractivity contribution in [2.24, 2.45) is 0 Å². The van der Waals surface area contributed by atoms with Crippen LogP contribution in [0.1, 0.15) is 88.9 Å². The summed E-state index contributed by atoms with van der Waals surface area (Å²) in [6.45, 7) is 0. The molecular weight excluding hydrogens is 480 g/mol. The van der Waals surface area contributed by atoms with E-state index in [0.717, 1.165) is 56.0 Å². The van der Waals surface area contributed by atoms with Gasteiger partial charge in [0.25, 0.3) is 0 Å². The number of carboxylic acids is 2. The Hall–Kier alpha value is -4.58. The Labute approximate surface area is 219 Å². The van der Waals surface area contributed by atoms with Gasteiger partial charge in [-0.05, 0) is 93.0 Å². The number of ether oxygens (including phenoxy) is 2. The lowest BCUT2D eigenvalue weighted by Crippen LogP contribution is -2.36. The molecule has 0 heterocycles. The van der Waals surface area contributed by atoms with Gasteiger partial charge in [0.15, 0.2) is 0 Å². The molecule has 0 amide bonds. The summed E-state index contributed by atoms with van der Waals surface area (Å²) in [7, 11) is 3.30. The van der Waals surface area contributed by atoms with E-state index in [1.165, 1.54) is 0 Å². The van der Waals surface area contributed by atoms with Crippen molar-refractivity contribution in [3.63, 3.8) is 0 Å². The number of carbonyl (C=O) groups is 2. The van der Waals surface area contributed by atoms with E-state index in [9.17, 15) is 19.8 Å². The van der Waals surface area contributed by atoms with Gasteiger partial charge < -0.3 is 19.7 Å². The van der Waals surface area contributed by atoms with Crippen LogP contribution in [-0.4, -0.2) is 36.4 Å². The highest BCUT2D eigenvalue weighted by atomic mass is 16.5. The highest BCUT2D eigenvalue weighted by molar-refractivity contribution is 5.89. The minimum absolute atomic E-state index is 0.162. The molecule has 4 aromatic rings. The van der Waals surface area contributed by atoms with Crippen molar-refractivity contribution in [1.82, 2.24) is 0 Å². The minimum Gasteiger partial charge on any atom is -0.497 e. The molecule has 0 fully saturated rings. The summed E-state index contributed by atoms with van der Waals surface area (Å²) in [4.78, 5) is 24.1. The molecule has 6 nitrogen and oxygen atoms in total. The summed E-state index contributed by atoms with van der Waals surface area (Å²) >= 11 is 0. The fourth-order valence-corrected chi connectivity index (χ4v) is 7.09.